The number of aromatic nitrogens is 2. The molecule has 3 aromatic rings. The molecule has 1 aliphatic rings. The Morgan fingerprint density at radius 3 is 2.43 bits per heavy atom. The Bertz CT molecular complexity index is 993. The number of benzene rings is 2. The van der Waals surface area contributed by atoms with Gasteiger partial charge in [0.1, 0.15) is 12.4 Å². The summed E-state index contributed by atoms with van der Waals surface area (Å²) < 4.78 is 11.1. The molecule has 0 spiro atoms. The number of rotatable bonds is 2. The maximum Gasteiger partial charge on any atom is 0.258 e. The zero-order chi connectivity index (χ0) is 20.1. The molecule has 0 saturated carbocycles. The summed E-state index contributed by atoms with van der Waals surface area (Å²) in [6, 6.07) is 12.0. The standard InChI is InChI=1S/C12H16O2.C11H12N2O/c1-9(2)11-5-3-4-10-8-13-6-7-14-12(10)11;1-7(2)8-4-3-5-9-10(8)12-6-13-11(9)14/h3-5,9H,6-8H2,1-2H3;3-7H,1-2H3,(H,12,13,14). The van der Waals surface area contributed by atoms with Gasteiger partial charge in [-0.25, -0.2) is 4.98 Å². The van der Waals surface area contributed by atoms with Crippen LogP contribution in [0.4, 0.5) is 0 Å². The smallest absolute Gasteiger partial charge is 0.258 e. The van der Waals surface area contributed by atoms with E-state index >= 15 is 0 Å². The number of H-pyrrole nitrogens is 1. The number of fused-ring (bicyclic) bond motifs is 2. The first-order chi connectivity index (χ1) is 13.5. The molecule has 5 nitrogen and oxygen atoms in total. The Balaban J connectivity index is 0.000000161. The van der Waals surface area contributed by atoms with Crippen molar-refractivity contribution in [3.63, 3.8) is 0 Å². The Labute approximate surface area is 165 Å². The average molecular weight is 380 g/mol. The Morgan fingerprint density at radius 2 is 1.68 bits per heavy atom. The first kappa shape index (κ1) is 20.1. The minimum atomic E-state index is -0.0718. The molecule has 2 heterocycles. The lowest BCUT2D eigenvalue weighted by atomic mass is 9.99. The molecule has 1 N–H and O–H groups in total. The normalized spacial score (nSPS) is 13.5. The molecule has 0 saturated heterocycles. The largest absolute Gasteiger partial charge is 0.491 e. The molecule has 0 radical (unpaired) electrons. The van der Waals surface area contributed by atoms with Gasteiger partial charge in [0, 0.05) is 5.56 Å². The quantitative estimate of drug-likeness (QED) is 0.696. The predicted molar refractivity (Wildman–Crippen MR) is 112 cm³/mol. The van der Waals surface area contributed by atoms with Gasteiger partial charge in [0.15, 0.2) is 0 Å². The number of ether oxygens (including phenoxy) is 2. The van der Waals surface area contributed by atoms with Gasteiger partial charge in [0.25, 0.3) is 5.56 Å². The third-order valence-corrected chi connectivity index (χ3v) is 4.80. The van der Waals surface area contributed by atoms with Crippen LogP contribution in [-0.2, 0) is 11.3 Å². The van der Waals surface area contributed by atoms with Gasteiger partial charge in [-0.1, -0.05) is 58.0 Å². The van der Waals surface area contributed by atoms with Gasteiger partial charge in [-0.2, -0.15) is 0 Å². The molecule has 2 aromatic carbocycles. The van der Waals surface area contributed by atoms with E-state index < -0.39 is 0 Å². The van der Waals surface area contributed by atoms with Crippen molar-refractivity contribution in [3.8, 4) is 5.75 Å². The van der Waals surface area contributed by atoms with E-state index in [1.54, 1.807) is 6.07 Å². The van der Waals surface area contributed by atoms with Crippen molar-refractivity contribution in [1.29, 1.82) is 0 Å². The fourth-order valence-electron chi connectivity index (χ4n) is 3.32. The van der Waals surface area contributed by atoms with Crippen LogP contribution in [0.25, 0.3) is 10.9 Å². The minimum Gasteiger partial charge on any atom is -0.491 e. The third-order valence-electron chi connectivity index (χ3n) is 4.80. The van der Waals surface area contributed by atoms with E-state index in [0.717, 1.165) is 16.8 Å². The van der Waals surface area contributed by atoms with Crippen molar-refractivity contribution in [3.05, 3.63) is 69.8 Å². The molecule has 1 aliphatic heterocycles. The highest BCUT2D eigenvalue weighted by Crippen LogP contribution is 2.31. The van der Waals surface area contributed by atoms with Crippen LogP contribution in [0.2, 0.25) is 0 Å². The van der Waals surface area contributed by atoms with Crippen molar-refractivity contribution in [1.82, 2.24) is 9.97 Å². The lowest BCUT2D eigenvalue weighted by molar-refractivity contribution is 0.106. The van der Waals surface area contributed by atoms with Crippen molar-refractivity contribution in [2.45, 2.75) is 46.1 Å². The summed E-state index contributed by atoms with van der Waals surface area (Å²) in [5, 5.41) is 0.665. The van der Waals surface area contributed by atoms with Crippen molar-refractivity contribution >= 4 is 10.9 Å². The molecule has 1 aromatic heterocycles. The van der Waals surface area contributed by atoms with Crippen LogP contribution in [0, 0.1) is 0 Å². The zero-order valence-corrected chi connectivity index (χ0v) is 17.0. The molecule has 28 heavy (non-hydrogen) atoms. The van der Waals surface area contributed by atoms with E-state index in [4.69, 9.17) is 9.47 Å². The second-order valence-corrected chi connectivity index (χ2v) is 7.52. The SMILES string of the molecule is CC(C)c1cccc2c(=O)[nH]cnc12.CC(C)c1cccc2c1OCCOC2. The number of hydrogen-bond donors (Lipinski definition) is 1. The molecule has 0 bridgehead atoms. The summed E-state index contributed by atoms with van der Waals surface area (Å²) in [6.07, 6.45) is 1.45. The first-order valence-corrected chi connectivity index (χ1v) is 9.77. The molecule has 4 rings (SSSR count). The molecular formula is C23H28N2O3. The molecule has 0 unspecified atom stereocenters. The van der Waals surface area contributed by atoms with E-state index in [2.05, 4.69) is 55.9 Å². The van der Waals surface area contributed by atoms with Crippen molar-refractivity contribution in [2.75, 3.05) is 13.2 Å². The monoisotopic (exact) mass is 380 g/mol. The summed E-state index contributed by atoms with van der Waals surface area (Å²) in [5.41, 5.74) is 4.32. The zero-order valence-electron chi connectivity index (χ0n) is 17.0. The molecule has 148 valence electrons. The maximum atomic E-state index is 11.5. The molecule has 0 fully saturated rings. The highest BCUT2D eigenvalue weighted by Gasteiger charge is 2.14. The Hall–Kier alpha value is -2.66. The van der Waals surface area contributed by atoms with Gasteiger partial charge >= 0.3 is 0 Å². The molecule has 0 amide bonds. The van der Waals surface area contributed by atoms with Gasteiger partial charge in [-0.05, 0) is 29.0 Å². The second kappa shape index (κ2) is 9.02. The van der Waals surface area contributed by atoms with Crippen LogP contribution < -0.4 is 10.3 Å². The predicted octanol–water partition coefficient (Wildman–Crippen LogP) is 4.77. The lowest BCUT2D eigenvalue weighted by Crippen LogP contribution is -2.07. The molecule has 0 atom stereocenters. The highest BCUT2D eigenvalue weighted by molar-refractivity contribution is 5.81. The summed E-state index contributed by atoms with van der Waals surface area (Å²) in [4.78, 5) is 18.2. The van der Waals surface area contributed by atoms with Crippen LogP contribution in [-0.4, -0.2) is 23.2 Å². The van der Waals surface area contributed by atoms with Crippen LogP contribution in [0.15, 0.2) is 47.5 Å². The van der Waals surface area contributed by atoms with Gasteiger partial charge in [0.2, 0.25) is 0 Å². The Morgan fingerprint density at radius 1 is 0.964 bits per heavy atom. The van der Waals surface area contributed by atoms with Crippen LogP contribution >= 0.6 is 0 Å². The van der Waals surface area contributed by atoms with Crippen molar-refractivity contribution < 1.29 is 9.47 Å². The van der Waals surface area contributed by atoms with Gasteiger partial charge < -0.3 is 14.5 Å². The molecule has 5 heteroatoms. The number of hydrogen-bond acceptors (Lipinski definition) is 4. The first-order valence-electron chi connectivity index (χ1n) is 9.77. The number of nitrogens with zero attached hydrogens (tertiary/aromatic N) is 1. The summed E-state index contributed by atoms with van der Waals surface area (Å²) in [7, 11) is 0. The highest BCUT2D eigenvalue weighted by atomic mass is 16.5. The van der Waals surface area contributed by atoms with Gasteiger partial charge in [0.05, 0.1) is 30.4 Å². The van der Waals surface area contributed by atoms with Crippen LogP contribution in [0.3, 0.4) is 0 Å². The number of nitrogens with one attached hydrogen (secondary N) is 1. The topological polar surface area (TPSA) is 64.2 Å². The Kier molecular flexibility index (Phi) is 6.47. The molecule has 0 aliphatic carbocycles. The minimum absolute atomic E-state index is 0.0718. The fourth-order valence-corrected chi connectivity index (χ4v) is 3.32. The number of aromatic amines is 1. The fraction of sp³-hybridized carbons (Fsp3) is 0.391. The van der Waals surface area contributed by atoms with E-state index in [-0.39, 0.29) is 5.56 Å². The maximum absolute atomic E-state index is 11.5. The van der Waals surface area contributed by atoms with Gasteiger partial charge in [-0.3, -0.25) is 4.79 Å². The van der Waals surface area contributed by atoms with Crippen LogP contribution in [0.5, 0.6) is 5.75 Å². The lowest BCUT2D eigenvalue weighted by Gasteiger charge is -2.14. The van der Waals surface area contributed by atoms with Crippen molar-refractivity contribution in [2.24, 2.45) is 0 Å². The van der Waals surface area contributed by atoms with E-state index in [1.165, 1.54) is 17.5 Å². The van der Waals surface area contributed by atoms with E-state index in [0.29, 0.717) is 37.0 Å². The second-order valence-electron chi connectivity index (χ2n) is 7.52. The summed E-state index contributed by atoms with van der Waals surface area (Å²) in [5.74, 6) is 1.93. The van der Waals surface area contributed by atoms with Crippen LogP contribution in [0.1, 0.15) is 56.2 Å². The number of para-hydroxylation sites is 2. The summed E-state index contributed by atoms with van der Waals surface area (Å²) in [6.45, 7) is 10.6. The third kappa shape index (κ3) is 4.42. The average Bonchev–Trinajstić information content (AvgIpc) is 2.93. The molecular weight excluding hydrogens is 352 g/mol. The summed E-state index contributed by atoms with van der Waals surface area (Å²) >= 11 is 0. The van der Waals surface area contributed by atoms with Gasteiger partial charge in [-0.15, -0.1) is 0 Å². The van der Waals surface area contributed by atoms with E-state index in [1.807, 2.05) is 12.1 Å². The van der Waals surface area contributed by atoms with E-state index in [9.17, 15) is 4.79 Å².